The molecule has 2 aromatic rings. The van der Waals surface area contributed by atoms with Crippen LogP contribution in [0.1, 0.15) is 42.1 Å². The van der Waals surface area contributed by atoms with Crippen LogP contribution in [0.2, 0.25) is 0 Å². The van der Waals surface area contributed by atoms with Crippen molar-refractivity contribution in [3.05, 3.63) is 65.7 Å². The van der Waals surface area contributed by atoms with Crippen LogP contribution >= 0.6 is 24.0 Å². The van der Waals surface area contributed by atoms with Crippen molar-refractivity contribution in [1.29, 1.82) is 0 Å². The van der Waals surface area contributed by atoms with Gasteiger partial charge < -0.3 is 20.3 Å². The molecule has 1 aliphatic rings. The summed E-state index contributed by atoms with van der Waals surface area (Å²) < 4.78 is 6.08. The second kappa shape index (κ2) is 13.2. The van der Waals surface area contributed by atoms with Crippen LogP contribution in [0.5, 0.6) is 5.75 Å². The number of likely N-dealkylation sites (tertiary alicyclic amines) is 1. The van der Waals surface area contributed by atoms with Gasteiger partial charge in [0.15, 0.2) is 5.96 Å². The number of para-hydroxylation sites is 1. The molecule has 31 heavy (non-hydrogen) atoms. The van der Waals surface area contributed by atoms with Crippen molar-refractivity contribution >= 4 is 35.8 Å². The lowest BCUT2D eigenvalue weighted by Gasteiger charge is -2.34. The van der Waals surface area contributed by atoms with E-state index >= 15 is 0 Å². The van der Waals surface area contributed by atoms with Crippen LogP contribution in [0, 0.1) is 0 Å². The van der Waals surface area contributed by atoms with Crippen molar-refractivity contribution < 1.29 is 9.53 Å². The Hall–Kier alpha value is -2.29. The van der Waals surface area contributed by atoms with Crippen LogP contribution in [-0.4, -0.2) is 49.6 Å². The number of rotatable bonds is 7. The van der Waals surface area contributed by atoms with E-state index in [1.54, 1.807) is 0 Å². The number of halogens is 1. The zero-order valence-corrected chi connectivity index (χ0v) is 20.7. The highest BCUT2D eigenvalue weighted by atomic mass is 127. The number of nitrogens with zero attached hydrogens (tertiary/aromatic N) is 2. The minimum Gasteiger partial charge on any atom is -0.490 e. The SMILES string of the molecule is CCCNC(=O)c1cccc(CNC(=NC)N2CCC(Oc3ccccc3)CC2)c1.I. The molecule has 6 nitrogen and oxygen atoms in total. The normalized spacial score (nSPS) is 14.5. The van der Waals surface area contributed by atoms with Gasteiger partial charge in [-0.2, -0.15) is 0 Å². The number of amides is 1. The van der Waals surface area contributed by atoms with Gasteiger partial charge in [0.25, 0.3) is 5.91 Å². The summed E-state index contributed by atoms with van der Waals surface area (Å²) in [6.45, 7) is 5.16. The third-order valence-corrected chi connectivity index (χ3v) is 5.17. The van der Waals surface area contributed by atoms with E-state index in [4.69, 9.17) is 4.74 Å². The molecule has 0 aromatic heterocycles. The second-order valence-corrected chi connectivity index (χ2v) is 7.47. The Balaban J connectivity index is 0.00000341. The number of carbonyl (C=O) groups is 1. The maximum atomic E-state index is 12.2. The molecule has 168 valence electrons. The van der Waals surface area contributed by atoms with E-state index in [0.29, 0.717) is 18.7 Å². The highest BCUT2D eigenvalue weighted by Crippen LogP contribution is 2.18. The Kier molecular flexibility index (Phi) is 10.6. The van der Waals surface area contributed by atoms with Crippen LogP contribution < -0.4 is 15.4 Å². The number of hydrogen-bond donors (Lipinski definition) is 2. The third-order valence-electron chi connectivity index (χ3n) is 5.17. The number of benzene rings is 2. The number of hydrogen-bond acceptors (Lipinski definition) is 3. The third kappa shape index (κ3) is 7.72. The molecule has 7 heteroatoms. The maximum Gasteiger partial charge on any atom is 0.251 e. The maximum absolute atomic E-state index is 12.2. The molecule has 1 amide bonds. The molecule has 0 bridgehead atoms. The molecule has 0 aliphatic carbocycles. The summed E-state index contributed by atoms with van der Waals surface area (Å²) in [5, 5.41) is 6.35. The van der Waals surface area contributed by atoms with Crippen molar-refractivity contribution in [3.63, 3.8) is 0 Å². The molecule has 2 N–H and O–H groups in total. The van der Waals surface area contributed by atoms with Gasteiger partial charge in [-0.3, -0.25) is 9.79 Å². The summed E-state index contributed by atoms with van der Waals surface area (Å²) in [6, 6.07) is 17.7. The minimum atomic E-state index is -0.0245. The predicted molar refractivity (Wildman–Crippen MR) is 136 cm³/mol. The van der Waals surface area contributed by atoms with Crippen LogP contribution in [0.25, 0.3) is 0 Å². The smallest absolute Gasteiger partial charge is 0.251 e. The molecule has 1 saturated heterocycles. The first kappa shape index (κ1) is 25.0. The summed E-state index contributed by atoms with van der Waals surface area (Å²) in [6.07, 6.45) is 3.09. The van der Waals surface area contributed by atoms with Gasteiger partial charge in [-0.25, -0.2) is 0 Å². The minimum absolute atomic E-state index is 0. The lowest BCUT2D eigenvalue weighted by Crippen LogP contribution is -2.47. The molecule has 0 saturated carbocycles. The number of guanidine groups is 1. The first-order chi connectivity index (χ1) is 14.7. The lowest BCUT2D eigenvalue weighted by atomic mass is 10.1. The van der Waals surface area contributed by atoms with Crippen molar-refractivity contribution in [3.8, 4) is 5.75 Å². The topological polar surface area (TPSA) is 66.0 Å². The Morgan fingerprint density at radius 3 is 2.52 bits per heavy atom. The van der Waals surface area contributed by atoms with Gasteiger partial charge >= 0.3 is 0 Å². The van der Waals surface area contributed by atoms with Crippen LogP contribution in [0.4, 0.5) is 0 Å². The van der Waals surface area contributed by atoms with E-state index in [-0.39, 0.29) is 36.0 Å². The van der Waals surface area contributed by atoms with Gasteiger partial charge in [0.1, 0.15) is 11.9 Å². The summed E-state index contributed by atoms with van der Waals surface area (Å²) >= 11 is 0. The Bertz CT molecular complexity index is 836. The fraction of sp³-hybridized carbons (Fsp3) is 0.417. The number of aliphatic imine (C=N–C) groups is 1. The molecule has 0 radical (unpaired) electrons. The number of piperidine rings is 1. The number of ether oxygens (including phenoxy) is 1. The zero-order chi connectivity index (χ0) is 21.2. The van der Waals surface area contributed by atoms with Gasteiger partial charge in [-0.1, -0.05) is 37.3 Å². The highest BCUT2D eigenvalue weighted by molar-refractivity contribution is 14.0. The zero-order valence-electron chi connectivity index (χ0n) is 18.3. The predicted octanol–water partition coefficient (Wildman–Crippen LogP) is 4.06. The van der Waals surface area contributed by atoms with Crippen LogP contribution in [0.3, 0.4) is 0 Å². The molecule has 2 aromatic carbocycles. The first-order valence-corrected chi connectivity index (χ1v) is 10.7. The number of carbonyl (C=O) groups excluding carboxylic acids is 1. The molecule has 0 unspecified atom stereocenters. The van der Waals surface area contributed by atoms with Gasteiger partial charge in [-0.15, -0.1) is 24.0 Å². The molecular weight excluding hydrogens is 503 g/mol. The average Bonchev–Trinajstić information content (AvgIpc) is 2.80. The summed E-state index contributed by atoms with van der Waals surface area (Å²) in [4.78, 5) is 18.9. The first-order valence-electron chi connectivity index (χ1n) is 10.7. The van der Waals surface area contributed by atoms with Gasteiger partial charge in [0.2, 0.25) is 0 Å². The summed E-state index contributed by atoms with van der Waals surface area (Å²) in [7, 11) is 1.81. The van der Waals surface area contributed by atoms with E-state index in [2.05, 4.69) is 20.5 Å². The van der Waals surface area contributed by atoms with Gasteiger partial charge in [-0.05, 0) is 36.2 Å². The monoisotopic (exact) mass is 536 g/mol. The molecule has 3 rings (SSSR count). The molecule has 1 aliphatic heterocycles. The summed E-state index contributed by atoms with van der Waals surface area (Å²) in [5.74, 6) is 1.79. The van der Waals surface area contributed by atoms with Crippen molar-refractivity contribution in [2.45, 2.75) is 38.8 Å². The fourth-order valence-corrected chi connectivity index (χ4v) is 3.55. The molecule has 0 atom stereocenters. The van der Waals surface area contributed by atoms with Gasteiger partial charge in [0, 0.05) is 51.6 Å². The van der Waals surface area contributed by atoms with Gasteiger partial charge in [0.05, 0.1) is 0 Å². The molecule has 1 fully saturated rings. The quantitative estimate of drug-likeness (QED) is 0.318. The lowest BCUT2D eigenvalue weighted by molar-refractivity contribution is 0.0953. The van der Waals surface area contributed by atoms with E-state index in [9.17, 15) is 4.79 Å². The van der Waals surface area contributed by atoms with E-state index in [0.717, 1.165) is 49.6 Å². The van der Waals surface area contributed by atoms with E-state index < -0.39 is 0 Å². The Labute approximate surface area is 202 Å². The molecular formula is C24H33IN4O2. The van der Waals surface area contributed by atoms with Crippen molar-refractivity contribution in [2.75, 3.05) is 26.7 Å². The van der Waals surface area contributed by atoms with E-state index in [1.807, 2.05) is 68.6 Å². The van der Waals surface area contributed by atoms with E-state index in [1.165, 1.54) is 0 Å². The highest BCUT2D eigenvalue weighted by Gasteiger charge is 2.22. The molecule has 1 heterocycles. The van der Waals surface area contributed by atoms with Crippen LogP contribution in [-0.2, 0) is 6.54 Å². The largest absolute Gasteiger partial charge is 0.490 e. The second-order valence-electron chi connectivity index (χ2n) is 7.47. The molecule has 0 spiro atoms. The Morgan fingerprint density at radius 2 is 1.84 bits per heavy atom. The van der Waals surface area contributed by atoms with Crippen LogP contribution in [0.15, 0.2) is 59.6 Å². The average molecular weight is 536 g/mol. The van der Waals surface area contributed by atoms with Crippen molar-refractivity contribution in [1.82, 2.24) is 15.5 Å². The summed E-state index contributed by atoms with van der Waals surface area (Å²) in [5.41, 5.74) is 1.75. The Morgan fingerprint density at radius 1 is 1.10 bits per heavy atom. The fourth-order valence-electron chi connectivity index (χ4n) is 3.55. The standard InChI is InChI=1S/C24H32N4O2.HI/c1-3-14-26-23(29)20-9-7-8-19(17-20)18-27-24(25-2)28-15-12-22(13-16-28)30-21-10-5-4-6-11-21;/h4-11,17,22H,3,12-16,18H2,1-2H3,(H,25,27)(H,26,29);1H. The number of nitrogens with one attached hydrogen (secondary N) is 2. The van der Waals surface area contributed by atoms with Crippen molar-refractivity contribution in [2.24, 2.45) is 4.99 Å².